The fraction of sp³-hybridized carbons (Fsp3) is 0.682. The number of pyridine rings is 2. The molecule has 0 spiro atoms. The van der Waals surface area contributed by atoms with E-state index >= 15 is 0 Å². The largest absolute Gasteiger partial charge is 0.463 e. The number of hydrogen-bond acceptors (Lipinski definition) is 45. The van der Waals surface area contributed by atoms with Gasteiger partial charge in [0.25, 0.3) is 0 Å². The zero-order chi connectivity index (χ0) is 105. The maximum absolute atomic E-state index is 5.84. The van der Waals surface area contributed by atoms with E-state index in [1.165, 1.54) is 25.2 Å². The number of aliphatic imine (C=N–C) groups is 1. The van der Waals surface area contributed by atoms with Crippen LogP contribution in [-0.4, -0.2) is 264 Å². The Morgan fingerprint density at radius 3 is 1.01 bits per heavy atom. The number of thiol groups is 1. The molecule has 0 radical (unpaired) electrons. The van der Waals surface area contributed by atoms with Gasteiger partial charge in [0.1, 0.15) is 41.3 Å². The summed E-state index contributed by atoms with van der Waals surface area (Å²) in [6.07, 6.45) is 14.6. The highest BCUT2D eigenvalue weighted by Crippen LogP contribution is 2.56. The molecule has 2 N–H and O–H groups in total. The summed E-state index contributed by atoms with van der Waals surface area (Å²) in [5.74, 6) is 2.82. The van der Waals surface area contributed by atoms with Gasteiger partial charge in [-0.05, 0) is 185 Å². The zero-order valence-electron chi connectivity index (χ0n) is 86.0. The molecule has 2 fully saturated rings. The Hall–Kier alpha value is -0.0200. The van der Waals surface area contributed by atoms with Gasteiger partial charge in [-0.3, -0.25) is 37.6 Å². The minimum atomic E-state index is -1.57. The molecule has 0 saturated carbocycles. The summed E-state index contributed by atoms with van der Waals surface area (Å²) in [7, 11) is -18.2. The van der Waals surface area contributed by atoms with Crippen LogP contribution in [0.4, 0.5) is 0 Å². The fourth-order valence-electron chi connectivity index (χ4n) is 9.50. The first-order valence-corrected chi connectivity index (χ1v) is 63.5. The molecule has 144 heavy (non-hydrogen) atoms. The molecular formula is C85H156N4O40P14S. The molecule has 6 atom stereocenters. The monoisotopic (exact) mass is 2340 g/mol. The van der Waals surface area contributed by atoms with Gasteiger partial charge in [0.05, 0.1) is 233 Å². The van der Waals surface area contributed by atoms with Gasteiger partial charge in [0.15, 0.2) is 6.23 Å². The molecular weight excluding hydrogens is 2180 g/mol. The van der Waals surface area contributed by atoms with Gasteiger partial charge in [0.2, 0.25) is 0 Å². The minimum absolute atomic E-state index is 0.0925. The first-order valence-electron chi connectivity index (χ1n) is 47.1. The highest BCUT2D eigenvalue weighted by molar-refractivity contribution is 7.81. The summed E-state index contributed by atoms with van der Waals surface area (Å²) < 4.78 is 218. The van der Waals surface area contributed by atoms with Crippen LogP contribution in [-0.2, 0) is 163 Å². The molecule has 44 nitrogen and oxygen atoms in total. The van der Waals surface area contributed by atoms with Crippen molar-refractivity contribution in [1.29, 1.82) is 0 Å². The van der Waals surface area contributed by atoms with Crippen LogP contribution in [0.1, 0.15) is 137 Å². The Balaban J connectivity index is 0.000000575. The van der Waals surface area contributed by atoms with Crippen molar-refractivity contribution in [2.45, 2.75) is 161 Å². The predicted molar refractivity (Wildman–Crippen MR) is 576 cm³/mol. The third-order valence-corrected chi connectivity index (χ3v) is 33.8. The van der Waals surface area contributed by atoms with E-state index in [2.05, 4.69) is 60.6 Å². The van der Waals surface area contributed by atoms with Gasteiger partial charge in [-0.1, -0.05) is 43.4 Å². The molecule has 2 aromatic heterocycles. The van der Waals surface area contributed by atoms with Gasteiger partial charge in [-0.2, -0.15) is 0 Å². The first kappa shape index (κ1) is 140. The Labute approximate surface area is 876 Å². The van der Waals surface area contributed by atoms with Crippen molar-refractivity contribution in [3.05, 3.63) is 112 Å². The topological polar surface area (TPSA) is 433 Å². The summed E-state index contributed by atoms with van der Waals surface area (Å²) in [5.41, 5.74) is 6.98. The molecule has 4 aliphatic rings. The van der Waals surface area contributed by atoms with Gasteiger partial charge in [-0.25, -0.2) is 0 Å². The average Bonchev–Trinajstić information content (AvgIpc) is 1.13. The van der Waals surface area contributed by atoms with Crippen molar-refractivity contribution >= 4 is 161 Å². The van der Waals surface area contributed by atoms with Gasteiger partial charge in [0, 0.05) is 20.5 Å². The summed E-state index contributed by atoms with van der Waals surface area (Å²) >= 11 is 4.27. The normalized spacial score (nSPS) is 15.2. The molecule has 4 aromatic rings. The van der Waals surface area contributed by atoms with Gasteiger partial charge < -0.3 is 164 Å². The predicted octanol–water partition coefficient (Wildman–Crippen LogP) is 27.1. The Bertz CT molecular complexity index is 3380. The number of nitrogens with two attached hydrogens (primary N) is 1. The van der Waals surface area contributed by atoms with Crippen LogP contribution >= 0.6 is 133 Å². The smallest absolute Gasteiger partial charge is 0.417 e. The third kappa shape index (κ3) is 68.5. The number of nitrogens with zero attached hydrogens (tertiary/aromatic N) is 3. The molecule has 2 aromatic carbocycles. The first-order chi connectivity index (χ1) is 70.3. The Morgan fingerprint density at radius 1 is 0.347 bits per heavy atom. The van der Waals surface area contributed by atoms with Crippen LogP contribution in [0.15, 0.2) is 117 Å². The average molecular weight is 2340 g/mol. The standard InChI is InChI=1S/C20H14N2O6P2.C14H24O6P2.C12H28O6P2.C11H25NO6P2.C10H25NO6P2.C10H24O6P2S.C8H16O4P2/c1-3-13-19-15(5-1)25-29(27-17(19)7-9-21-13)23-11-12-24-30-26-16-6-2-4-14-20(16)18(28-30)8-10-22-14;1-5-9-15-21(16-10-6-2)19-13-14-20-22(17-11-7-3)18-12-8-4;1-6-12(18-20(15-9-4)16-10-5)11-17-19(13-7-2)14-8-3;1-6-13-19(14-7-2)17-10-11(12-5)18-20(15-8-3)16-9-4;1-5-12-18(13-6-2)16-9-10(11)17-19(14-7-3)15-8-4;1-5-11-17(12-6-2)15-9-10(19)16-18(13-7-3)14-8-4;1-2-8-13(7-1)9-3-4-10-14-11-5-6-12-14/h1-10H,11-12H2;5-8H,1-4,9-14H2;12H,6-11H2,1-5H3;11H,5-10H2,1-4H3;10H,5-9,11H2,1-4H3;10,19H,5-9H2,1-4H3;1-8H2. The van der Waals surface area contributed by atoms with Crippen LogP contribution < -0.4 is 23.8 Å². The minimum Gasteiger partial charge on any atom is -0.417 e. The molecule has 0 amide bonds. The Kier molecular flexibility index (Phi) is 94.8. The van der Waals surface area contributed by atoms with E-state index in [9.17, 15) is 0 Å². The molecule has 832 valence electrons. The molecule has 59 heteroatoms. The highest BCUT2D eigenvalue weighted by Gasteiger charge is 2.32. The van der Waals surface area contributed by atoms with Crippen molar-refractivity contribution < 1.29 is 181 Å². The van der Waals surface area contributed by atoms with Crippen molar-refractivity contribution in [3.8, 4) is 23.0 Å². The second-order valence-electron chi connectivity index (χ2n) is 25.8. The number of benzene rings is 2. The zero-order valence-corrected chi connectivity index (χ0v) is 99.5. The summed E-state index contributed by atoms with van der Waals surface area (Å²) in [4.78, 5) is 12.5. The summed E-state index contributed by atoms with van der Waals surface area (Å²) in [6.45, 7) is 64.5. The highest BCUT2D eigenvalue weighted by atomic mass is 32.1. The second-order valence-corrected chi connectivity index (χ2v) is 43.9. The number of aromatic nitrogens is 2. The quantitative estimate of drug-likeness (QED) is 0.0103. The maximum atomic E-state index is 5.84. The van der Waals surface area contributed by atoms with Gasteiger partial charge >= 0.3 is 112 Å². The molecule has 8 rings (SSSR count). The van der Waals surface area contributed by atoms with Crippen molar-refractivity contribution in [3.63, 3.8) is 0 Å². The van der Waals surface area contributed by atoms with E-state index in [4.69, 9.17) is 187 Å². The van der Waals surface area contributed by atoms with E-state index in [-0.39, 0.29) is 60.5 Å². The molecule has 4 aliphatic heterocycles. The lowest BCUT2D eigenvalue weighted by Crippen LogP contribution is -2.27. The third-order valence-electron chi connectivity index (χ3n) is 15.0. The van der Waals surface area contributed by atoms with E-state index in [1.54, 1.807) is 36.7 Å². The van der Waals surface area contributed by atoms with Crippen LogP contribution in [0.3, 0.4) is 0 Å². The molecule has 2 saturated heterocycles. The van der Waals surface area contributed by atoms with Crippen LogP contribution in [0.5, 0.6) is 23.0 Å². The molecule has 0 bridgehead atoms. The lowest BCUT2D eigenvalue weighted by atomic mass is 10.2. The molecule has 6 heterocycles. The lowest BCUT2D eigenvalue weighted by molar-refractivity contribution is 0.0707. The summed E-state index contributed by atoms with van der Waals surface area (Å²) in [5, 5.41) is 1.71. The fourth-order valence-corrected chi connectivity index (χ4v) is 24.0. The van der Waals surface area contributed by atoms with Crippen molar-refractivity contribution in [2.75, 3.05) is 224 Å². The van der Waals surface area contributed by atoms with Crippen LogP contribution in [0.2, 0.25) is 0 Å². The summed E-state index contributed by atoms with van der Waals surface area (Å²) in [6, 6.07) is 15.0. The second kappa shape index (κ2) is 97.4. The lowest BCUT2D eigenvalue weighted by Gasteiger charge is -2.25. The van der Waals surface area contributed by atoms with E-state index in [1.807, 2.05) is 166 Å². The van der Waals surface area contributed by atoms with Gasteiger partial charge in [-0.15, -0.1) is 38.9 Å². The maximum Gasteiger partial charge on any atom is 0.463 e. The van der Waals surface area contributed by atoms with E-state index in [0.717, 1.165) is 28.2 Å². The van der Waals surface area contributed by atoms with Crippen LogP contribution in [0, 0.1) is 0 Å². The van der Waals surface area contributed by atoms with E-state index < -0.39 is 130 Å². The van der Waals surface area contributed by atoms with Crippen LogP contribution in [0.25, 0.3) is 21.8 Å². The van der Waals surface area contributed by atoms with E-state index in [0.29, 0.717) is 188 Å². The van der Waals surface area contributed by atoms with Crippen molar-refractivity contribution in [1.82, 2.24) is 9.97 Å². The number of hydrogen-bond donors (Lipinski definition) is 2. The molecule has 0 aliphatic carbocycles. The van der Waals surface area contributed by atoms with Crippen molar-refractivity contribution in [2.24, 2.45) is 10.7 Å². The Morgan fingerprint density at radius 2 is 0.653 bits per heavy atom. The molecule has 6 unspecified atom stereocenters. The number of rotatable bonds is 81. The SMILES string of the molecule is C1CCP(OCCOP2OCCO2)C1.C=CCOP(OCC=C)OCCOP(OCC=C)OCC=C.C=NC(COP(OCC)OCC)OP(OCC)OCC.CCOP(OCC)OCC(CC)OP(OCC)OCC.CCOP(OCC)OCC(N)OP(OCC)OCC.CCOP(OCC)OCC(S)OP(OCC)OCC.c1cc2c3c(ccnc3c1)OP(OCCOP1Oc3cccc4nccc(c34)O1)O2.